The minimum Gasteiger partial charge on any atom is -0.483 e. The molecule has 0 heterocycles. The third-order valence-electron chi connectivity index (χ3n) is 1.48. The summed E-state index contributed by atoms with van der Waals surface area (Å²) in [5.41, 5.74) is 0. The lowest BCUT2D eigenvalue weighted by molar-refractivity contribution is 0.378. The summed E-state index contributed by atoms with van der Waals surface area (Å²) < 4.78 is 16.7. The first kappa shape index (κ1) is 13.2. The van der Waals surface area contributed by atoms with Crippen LogP contribution in [-0.2, 0) is 4.57 Å². The molecule has 0 spiro atoms. The third kappa shape index (κ3) is 4.24. The zero-order chi connectivity index (χ0) is 11.6. The Balaban J connectivity index is 2.91. The number of hydrogen-bond acceptors (Lipinski definition) is 2. The average molecular weight is 288 g/mol. The van der Waals surface area contributed by atoms with E-state index in [1.165, 1.54) is 12.1 Å². The first-order valence-electron chi connectivity index (χ1n) is 4.11. The standard InChI is InChI=1S/C9H10Cl3O2P/c1-15(2,13)5-14-9-7(11)3-6(10)4-8(9)12/h3-4H,5H2,1-2H3. The Morgan fingerprint density at radius 3 is 2.07 bits per heavy atom. The molecule has 0 bridgehead atoms. The molecular formula is C9H10Cl3O2P. The summed E-state index contributed by atoms with van der Waals surface area (Å²) in [6.45, 7) is 3.26. The van der Waals surface area contributed by atoms with Crippen LogP contribution in [0.15, 0.2) is 12.1 Å². The topological polar surface area (TPSA) is 26.3 Å². The molecule has 0 atom stereocenters. The van der Waals surface area contributed by atoms with E-state index in [0.717, 1.165) is 0 Å². The Morgan fingerprint density at radius 2 is 1.67 bits per heavy atom. The van der Waals surface area contributed by atoms with Crippen molar-refractivity contribution in [1.29, 1.82) is 0 Å². The van der Waals surface area contributed by atoms with E-state index in [2.05, 4.69) is 0 Å². The van der Waals surface area contributed by atoms with Gasteiger partial charge in [0.15, 0.2) is 5.75 Å². The Kier molecular flexibility index (Phi) is 4.37. The van der Waals surface area contributed by atoms with Gasteiger partial charge in [-0.15, -0.1) is 0 Å². The van der Waals surface area contributed by atoms with E-state index < -0.39 is 7.14 Å². The van der Waals surface area contributed by atoms with E-state index in [1.54, 1.807) is 13.3 Å². The van der Waals surface area contributed by atoms with Gasteiger partial charge >= 0.3 is 0 Å². The Morgan fingerprint density at radius 1 is 1.20 bits per heavy atom. The summed E-state index contributed by atoms with van der Waals surface area (Å²) >= 11 is 17.5. The SMILES string of the molecule is CP(C)(=O)COc1c(Cl)cc(Cl)cc1Cl. The molecule has 6 heteroatoms. The van der Waals surface area contributed by atoms with Crippen molar-refractivity contribution in [2.24, 2.45) is 0 Å². The summed E-state index contributed by atoms with van der Waals surface area (Å²) in [6, 6.07) is 3.06. The average Bonchev–Trinajstić information content (AvgIpc) is 1.99. The molecule has 0 aliphatic heterocycles. The van der Waals surface area contributed by atoms with Crippen LogP contribution in [0.25, 0.3) is 0 Å². The van der Waals surface area contributed by atoms with Crippen LogP contribution in [0, 0.1) is 0 Å². The highest BCUT2D eigenvalue weighted by molar-refractivity contribution is 7.62. The highest BCUT2D eigenvalue weighted by Crippen LogP contribution is 2.40. The monoisotopic (exact) mass is 286 g/mol. The van der Waals surface area contributed by atoms with Gasteiger partial charge in [-0.2, -0.15) is 0 Å². The normalized spacial score (nSPS) is 11.5. The lowest BCUT2D eigenvalue weighted by Gasteiger charge is -2.12. The number of halogens is 3. The predicted octanol–water partition coefficient (Wildman–Crippen LogP) is 4.61. The summed E-state index contributed by atoms with van der Waals surface area (Å²) in [7, 11) is -2.26. The van der Waals surface area contributed by atoms with Gasteiger partial charge in [-0.1, -0.05) is 34.8 Å². The van der Waals surface area contributed by atoms with Crippen molar-refractivity contribution < 1.29 is 9.30 Å². The number of hydrogen-bond donors (Lipinski definition) is 0. The largest absolute Gasteiger partial charge is 0.483 e. The van der Waals surface area contributed by atoms with Crippen molar-refractivity contribution in [3.8, 4) is 5.75 Å². The van der Waals surface area contributed by atoms with Gasteiger partial charge in [-0.05, 0) is 25.5 Å². The Labute approximate surface area is 104 Å². The highest BCUT2D eigenvalue weighted by Gasteiger charge is 2.13. The maximum atomic E-state index is 11.4. The molecule has 0 aliphatic carbocycles. The fourth-order valence-electron chi connectivity index (χ4n) is 0.887. The van der Waals surface area contributed by atoms with Gasteiger partial charge in [0, 0.05) is 5.02 Å². The van der Waals surface area contributed by atoms with Crippen LogP contribution >= 0.6 is 41.9 Å². The Bertz CT molecular complexity index is 391. The molecule has 0 N–H and O–H groups in total. The molecule has 0 radical (unpaired) electrons. The molecule has 0 saturated carbocycles. The quantitative estimate of drug-likeness (QED) is 0.759. The minimum atomic E-state index is -2.26. The first-order chi connectivity index (χ1) is 6.79. The molecule has 1 aromatic carbocycles. The number of benzene rings is 1. The van der Waals surface area contributed by atoms with Crippen LogP contribution in [0.1, 0.15) is 0 Å². The van der Waals surface area contributed by atoms with Gasteiger partial charge in [0.05, 0.1) is 10.0 Å². The summed E-state index contributed by atoms with van der Waals surface area (Å²) in [6.07, 6.45) is 0.105. The van der Waals surface area contributed by atoms with E-state index in [-0.39, 0.29) is 6.35 Å². The summed E-state index contributed by atoms with van der Waals surface area (Å²) in [4.78, 5) is 0. The van der Waals surface area contributed by atoms with E-state index in [4.69, 9.17) is 39.5 Å². The molecular weight excluding hydrogens is 277 g/mol. The molecule has 2 nitrogen and oxygen atoms in total. The van der Waals surface area contributed by atoms with Gasteiger partial charge in [-0.3, -0.25) is 0 Å². The van der Waals surface area contributed by atoms with E-state index in [0.29, 0.717) is 20.8 Å². The van der Waals surface area contributed by atoms with Crippen molar-refractivity contribution >= 4 is 41.9 Å². The second-order valence-electron chi connectivity index (χ2n) is 3.55. The fourth-order valence-corrected chi connectivity index (χ4v) is 2.25. The van der Waals surface area contributed by atoms with Crippen LogP contribution in [0.5, 0.6) is 5.75 Å². The minimum absolute atomic E-state index is 0.105. The van der Waals surface area contributed by atoms with Gasteiger partial charge in [0.1, 0.15) is 13.5 Å². The van der Waals surface area contributed by atoms with Gasteiger partial charge in [0.25, 0.3) is 0 Å². The lowest BCUT2D eigenvalue weighted by Crippen LogP contribution is -1.98. The van der Waals surface area contributed by atoms with Gasteiger partial charge < -0.3 is 9.30 Å². The molecule has 0 saturated heterocycles. The van der Waals surface area contributed by atoms with Crippen LogP contribution in [0.2, 0.25) is 15.1 Å². The predicted molar refractivity (Wildman–Crippen MR) is 66.4 cm³/mol. The van der Waals surface area contributed by atoms with Gasteiger partial charge in [-0.25, -0.2) is 0 Å². The summed E-state index contributed by atoms with van der Waals surface area (Å²) in [5.74, 6) is 0.326. The number of ether oxygens (including phenoxy) is 1. The zero-order valence-electron chi connectivity index (χ0n) is 8.26. The van der Waals surface area contributed by atoms with Crippen molar-refractivity contribution in [2.45, 2.75) is 0 Å². The molecule has 0 aliphatic rings. The van der Waals surface area contributed by atoms with Crippen molar-refractivity contribution in [3.05, 3.63) is 27.2 Å². The molecule has 1 aromatic rings. The van der Waals surface area contributed by atoms with Crippen molar-refractivity contribution in [3.63, 3.8) is 0 Å². The Hall–Kier alpha value is 0.120. The van der Waals surface area contributed by atoms with E-state index in [9.17, 15) is 4.57 Å². The lowest BCUT2D eigenvalue weighted by atomic mass is 10.3. The van der Waals surface area contributed by atoms with Crippen molar-refractivity contribution in [1.82, 2.24) is 0 Å². The van der Waals surface area contributed by atoms with E-state index in [1.807, 2.05) is 0 Å². The second kappa shape index (κ2) is 4.97. The van der Waals surface area contributed by atoms with Crippen molar-refractivity contribution in [2.75, 3.05) is 19.7 Å². The maximum Gasteiger partial charge on any atom is 0.157 e. The van der Waals surface area contributed by atoms with Crippen LogP contribution in [0.3, 0.4) is 0 Å². The first-order valence-corrected chi connectivity index (χ1v) is 8.03. The van der Waals surface area contributed by atoms with Crippen LogP contribution < -0.4 is 4.74 Å². The smallest absolute Gasteiger partial charge is 0.157 e. The van der Waals surface area contributed by atoms with Gasteiger partial charge in [0.2, 0.25) is 0 Å². The molecule has 1 rings (SSSR count). The molecule has 0 amide bonds. The number of rotatable bonds is 3. The maximum absolute atomic E-state index is 11.4. The molecule has 84 valence electrons. The van der Waals surface area contributed by atoms with Crippen LogP contribution in [-0.4, -0.2) is 19.7 Å². The fraction of sp³-hybridized carbons (Fsp3) is 0.333. The third-order valence-corrected chi connectivity index (χ3v) is 3.01. The highest BCUT2D eigenvalue weighted by atomic mass is 35.5. The van der Waals surface area contributed by atoms with Crippen LogP contribution in [0.4, 0.5) is 0 Å². The molecule has 0 unspecified atom stereocenters. The molecule has 15 heavy (non-hydrogen) atoms. The summed E-state index contributed by atoms with van der Waals surface area (Å²) in [5, 5.41) is 1.08. The molecule has 0 aromatic heterocycles. The zero-order valence-corrected chi connectivity index (χ0v) is 11.4. The molecule has 0 fully saturated rings. The second-order valence-corrected chi connectivity index (χ2v) is 8.20. The van der Waals surface area contributed by atoms with E-state index >= 15 is 0 Å².